The molecule has 4 nitrogen and oxygen atoms in total. The van der Waals surface area contributed by atoms with E-state index in [0.29, 0.717) is 19.1 Å². The van der Waals surface area contributed by atoms with Crippen LogP contribution in [-0.4, -0.2) is 55.0 Å². The standard InChI is InChI=1S/C15H25N3OS/c1-4-13-5-6-14(20-13)9-16-15(19)11-18-8-7-17(3)10-12(18)2/h5-6,12H,4,7-11H2,1-3H3,(H,16,19). The summed E-state index contributed by atoms with van der Waals surface area (Å²) in [7, 11) is 2.13. The fourth-order valence-corrected chi connectivity index (χ4v) is 3.44. The molecule has 1 amide bonds. The molecule has 0 saturated carbocycles. The number of hydrogen-bond donors (Lipinski definition) is 1. The lowest BCUT2D eigenvalue weighted by Gasteiger charge is -2.37. The third-order valence-electron chi connectivity index (χ3n) is 3.84. The van der Waals surface area contributed by atoms with E-state index in [1.807, 2.05) is 0 Å². The van der Waals surface area contributed by atoms with Crippen LogP contribution in [0.5, 0.6) is 0 Å². The molecule has 1 saturated heterocycles. The minimum absolute atomic E-state index is 0.132. The number of hydrogen-bond acceptors (Lipinski definition) is 4. The Balaban J connectivity index is 1.75. The molecule has 1 atom stereocenters. The summed E-state index contributed by atoms with van der Waals surface area (Å²) in [6, 6.07) is 4.71. The quantitative estimate of drug-likeness (QED) is 0.895. The van der Waals surface area contributed by atoms with Gasteiger partial charge in [-0.3, -0.25) is 9.69 Å². The van der Waals surface area contributed by atoms with Crippen LogP contribution in [0.1, 0.15) is 23.6 Å². The van der Waals surface area contributed by atoms with Gasteiger partial charge in [0.15, 0.2) is 0 Å². The Hall–Kier alpha value is -0.910. The third kappa shape index (κ3) is 4.30. The summed E-state index contributed by atoms with van der Waals surface area (Å²) in [6.07, 6.45) is 1.07. The van der Waals surface area contributed by atoms with Gasteiger partial charge in [0.2, 0.25) is 5.91 Å². The second kappa shape index (κ2) is 7.20. The molecule has 0 spiro atoms. The summed E-state index contributed by atoms with van der Waals surface area (Å²) in [5.41, 5.74) is 0. The average molecular weight is 295 g/mol. The maximum absolute atomic E-state index is 12.0. The molecule has 1 N–H and O–H groups in total. The number of nitrogens with one attached hydrogen (secondary N) is 1. The van der Waals surface area contributed by atoms with Crippen molar-refractivity contribution < 1.29 is 4.79 Å². The highest BCUT2D eigenvalue weighted by molar-refractivity contribution is 7.11. The van der Waals surface area contributed by atoms with Crippen LogP contribution in [0.15, 0.2) is 12.1 Å². The van der Waals surface area contributed by atoms with Gasteiger partial charge in [-0.1, -0.05) is 6.92 Å². The topological polar surface area (TPSA) is 35.6 Å². The van der Waals surface area contributed by atoms with Gasteiger partial charge < -0.3 is 10.2 Å². The lowest BCUT2D eigenvalue weighted by atomic mass is 10.2. The number of carbonyl (C=O) groups is 1. The molecule has 20 heavy (non-hydrogen) atoms. The number of piperazine rings is 1. The molecule has 2 rings (SSSR count). The number of amides is 1. The van der Waals surface area contributed by atoms with E-state index in [0.717, 1.165) is 26.1 Å². The van der Waals surface area contributed by atoms with Gasteiger partial charge in [-0.25, -0.2) is 0 Å². The molecule has 112 valence electrons. The van der Waals surface area contributed by atoms with E-state index >= 15 is 0 Å². The number of rotatable bonds is 5. The molecule has 0 radical (unpaired) electrons. The molecule has 1 aliphatic rings. The van der Waals surface area contributed by atoms with Crippen molar-refractivity contribution in [3.05, 3.63) is 21.9 Å². The lowest BCUT2D eigenvalue weighted by molar-refractivity contribution is -0.123. The Bertz CT molecular complexity index is 446. The van der Waals surface area contributed by atoms with Gasteiger partial charge >= 0.3 is 0 Å². The zero-order valence-electron chi connectivity index (χ0n) is 12.7. The molecule has 2 heterocycles. The van der Waals surface area contributed by atoms with E-state index < -0.39 is 0 Å². The molecule has 1 unspecified atom stereocenters. The molecule has 1 aliphatic heterocycles. The van der Waals surface area contributed by atoms with Crippen molar-refractivity contribution in [3.8, 4) is 0 Å². The minimum Gasteiger partial charge on any atom is -0.350 e. The summed E-state index contributed by atoms with van der Waals surface area (Å²) < 4.78 is 0. The summed E-state index contributed by atoms with van der Waals surface area (Å²) >= 11 is 1.79. The number of carbonyl (C=O) groups excluding carboxylic acids is 1. The second-order valence-electron chi connectivity index (χ2n) is 5.58. The Morgan fingerprint density at radius 2 is 2.15 bits per heavy atom. The van der Waals surface area contributed by atoms with E-state index in [-0.39, 0.29) is 5.91 Å². The first-order valence-corrected chi connectivity index (χ1v) is 8.17. The van der Waals surface area contributed by atoms with Crippen molar-refractivity contribution >= 4 is 17.2 Å². The summed E-state index contributed by atoms with van der Waals surface area (Å²) in [4.78, 5) is 19.2. The highest BCUT2D eigenvalue weighted by Crippen LogP contribution is 2.16. The van der Waals surface area contributed by atoms with E-state index in [1.165, 1.54) is 9.75 Å². The number of nitrogens with zero attached hydrogens (tertiary/aromatic N) is 2. The zero-order chi connectivity index (χ0) is 14.5. The Labute approximate surface area is 125 Å². The number of aryl methyl sites for hydroxylation is 1. The largest absolute Gasteiger partial charge is 0.350 e. The molecule has 0 bridgehead atoms. The maximum atomic E-state index is 12.0. The molecule has 0 aromatic carbocycles. The van der Waals surface area contributed by atoms with Crippen LogP contribution >= 0.6 is 11.3 Å². The normalized spacial score (nSPS) is 21.1. The van der Waals surface area contributed by atoms with Crippen molar-refractivity contribution in [2.24, 2.45) is 0 Å². The van der Waals surface area contributed by atoms with Crippen molar-refractivity contribution in [2.75, 3.05) is 33.2 Å². The number of thiophene rings is 1. The summed E-state index contributed by atoms with van der Waals surface area (Å²) in [5, 5.41) is 3.03. The van der Waals surface area contributed by atoms with Gasteiger partial charge in [-0.2, -0.15) is 0 Å². The predicted octanol–water partition coefficient (Wildman–Crippen LogP) is 1.56. The predicted molar refractivity (Wildman–Crippen MR) is 84.1 cm³/mol. The van der Waals surface area contributed by atoms with E-state index in [2.05, 4.69) is 48.1 Å². The van der Waals surface area contributed by atoms with Gasteiger partial charge in [0.25, 0.3) is 0 Å². The Morgan fingerprint density at radius 3 is 2.80 bits per heavy atom. The van der Waals surface area contributed by atoms with Gasteiger partial charge in [-0.15, -0.1) is 11.3 Å². The van der Waals surface area contributed by atoms with Gasteiger partial charge in [0.05, 0.1) is 13.1 Å². The van der Waals surface area contributed by atoms with Crippen LogP contribution in [0.2, 0.25) is 0 Å². The Kier molecular flexibility index (Phi) is 5.57. The molecular weight excluding hydrogens is 270 g/mol. The second-order valence-corrected chi connectivity index (χ2v) is 6.83. The van der Waals surface area contributed by atoms with E-state index in [9.17, 15) is 4.79 Å². The first-order valence-electron chi connectivity index (χ1n) is 7.35. The van der Waals surface area contributed by atoms with Crippen LogP contribution in [0.25, 0.3) is 0 Å². The molecule has 1 aromatic heterocycles. The van der Waals surface area contributed by atoms with E-state index in [4.69, 9.17) is 0 Å². The van der Waals surface area contributed by atoms with Crippen molar-refractivity contribution in [1.82, 2.24) is 15.1 Å². The summed E-state index contributed by atoms with van der Waals surface area (Å²) in [5.74, 6) is 0.132. The number of likely N-dealkylation sites (N-methyl/N-ethyl adjacent to an activating group) is 1. The molecule has 0 aliphatic carbocycles. The van der Waals surface area contributed by atoms with Gasteiger partial charge in [0.1, 0.15) is 0 Å². The average Bonchev–Trinajstić information content (AvgIpc) is 2.88. The van der Waals surface area contributed by atoms with Crippen molar-refractivity contribution in [3.63, 3.8) is 0 Å². The molecule has 1 fully saturated rings. The summed E-state index contributed by atoms with van der Waals surface area (Å²) in [6.45, 7) is 8.58. The van der Waals surface area contributed by atoms with Crippen LogP contribution in [-0.2, 0) is 17.8 Å². The smallest absolute Gasteiger partial charge is 0.234 e. The minimum atomic E-state index is 0.132. The Morgan fingerprint density at radius 1 is 1.40 bits per heavy atom. The first kappa shape index (κ1) is 15.5. The third-order valence-corrected chi connectivity index (χ3v) is 5.07. The fourth-order valence-electron chi connectivity index (χ4n) is 2.55. The fraction of sp³-hybridized carbons (Fsp3) is 0.667. The SMILES string of the molecule is CCc1ccc(CNC(=O)CN2CCN(C)CC2C)s1. The maximum Gasteiger partial charge on any atom is 0.234 e. The molecular formula is C15H25N3OS. The zero-order valence-corrected chi connectivity index (χ0v) is 13.5. The highest BCUT2D eigenvalue weighted by atomic mass is 32.1. The first-order chi connectivity index (χ1) is 9.58. The lowest BCUT2D eigenvalue weighted by Crippen LogP contribution is -2.53. The van der Waals surface area contributed by atoms with Crippen LogP contribution in [0.3, 0.4) is 0 Å². The van der Waals surface area contributed by atoms with Gasteiger partial charge in [-0.05, 0) is 32.5 Å². The van der Waals surface area contributed by atoms with Crippen LogP contribution < -0.4 is 5.32 Å². The highest BCUT2D eigenvalue weighted by Gasteiger charge is 2.22. The molecule has 1 aromatic rings. The van der Waals surface area contributed by atoms with Crippen LogP contribution in [0.4, 0.5) is 0 Å². The van der Waals surface area contributed by atoms with Crippen molar-refractivity contribution in [1.29, 1.82) is 0 Å². The monoisotopic (exact) mass is 295 g/mol. The van der Waals surface area contributed by atoms with Gasteiger partial charge in [0, 0.05) is 35.4 Å². The van der Waals surface area contributed by atoms with Crippen LogP contribution in [0, 0.1) is 0 Å². The molecule has 5 heteroatoms. The van der Waals surface area contributed by atoms with Crippen molar-refractivity contribution in [2.45, 2.75) is 32.9 Å². The van der Waals surface area contributed by atoms with E-state index in [1.54, 1.807) is 11.3 Å².